The average Bonchev–Trinajstić information content (AvgIpc) is 2.76. The number of rotatable bonds is 7. The molecule has 156 valence electrons. The molecule has 1 aliphatic heterocycles. The molecule has 0 saturated carbocycles. The lowest BCUT2D eigenvalue weighted by Gasteiger charge is -2.33. The molecule has 2 heterocycles. The van der Waals surface area contributed by atoms with Gasteiger partial charge in [-0.15, -0.1) is 0 Å². The summed E-state index contributed by atoms with van der Waals surface area (Å²) in [4.78, 5) is 19.4. The zero-order valence-electron chi connectivity index (χ0n) is 17.4. The third-order valence-corrected chi connectivity index (χ3v) is 5.07. The van der Waals surface area contributed by atoms with E-state index in [0.717, 1.165) is 18.5 Å². The van der Waals surface area contributed by atoms with E-state index >= 15 is 0 Å². The van der Waals surface area contributed by atoms with Gasteiger partial charge in [0.05, 0.1) is 33.5 Å². The summed E-state index contributed by atoms with van der Waals surface area (Å²) in [7, 11) is 4.61. The Bertz CT molecular complexity index is 855. The van der Waals surface area contributed by atoms with Gasteiger partial charge in [0.2, 0.25) is 11.6 Å². The molecule has 1 aromatic heterocycles. The van der Waals surface area contributed by atoms with Crippen LogP contribution in [-0.2, 0) is 0 Å². The van der Waals surface area contributed by atoms with E-state index in [-0.39, 0.29) is 11.8 Å². The summed E-state index contributed by atoms with van der Waals surface area (Å²) < 4.78 is 22.1. The molecule has 1 fully saturated rings. The van der Waals surface area contributed by atoms with Crippen molar-refractivity contribution >= 4 is 5.91 Å². The molecule has 3 rings (SSSR count). The van der Waals surface area contributed by atoms with Gasteiger partial charge in [-0.25, -0.2) is 4.98 Å². The van der Waals surface area contributed by atoms with Crippen molar-refractivity contribution in [2.45, 2.75) is 19.8 Å². The van der Waals surface area contributed by atoms with Crippen LogP contribution in [-0.4, -0.2) is 56.8 Å². The second kappa shape index (κ2) is 9.49. The Morgan fingerprint density at radius 3 is 2.59 bits per heavy atom. The maximum atomic E-state index is 13.2. The second-order valence-corrected chi connectivity index (χ2v) is 7.07. The smallest absolute Gasteiger partial charge is 0.257 e. The molecule has 7 heteroatoms. The van der Waals surface area contributed by atoms with Crippen molar-refractivity contribution in [2.24, 2.45) is 5.92 Å². The molecule has 1 unspecified atom stereocenters. The van der Waals surface area contributed by atoms with Crippen LogP contribution in [0.15, 0.2) is 30.3 Å². The van der Waals surface area contributed by atoms with E-state index in [1.165, 1.54) is 14.2 Å². The quantitative estimate of drug-likeness (QED) is 0.710. The largest absolute Gasteiger partial charge is 0.493 e. The predicted molar refractivity (Wildman–Crippen MR) is 109 cm³/mol. The summed E-state index contributed by atoms with van der Waals surface area (Å²) in [5.74, 6) is 2.12. The van der Waals surface area contributed by atoms with Crippen molar-refractivity contribution in [1.29, 1.82) is 0 Å². The van der Waals surface area contributed by atoms with Crippen molar-refractivity contribution in [2.75, 3.05) is 41.0 Å². The van der Waals surface area contributed by atoms with E-state index in [9.17, 15) is 4.79 Å². The number of pyridine rings is 1. The first-order valence-electron chi connectivity index (χ1n) is 9.72. The predicted octanol–water partition coefficient (Wildman–Crippen LogP) is 3.35. The molecule has 0 bridgehead atoms. The molecule has 0 radical (unpaired) electrons. The minimum Gasteiger partial charge on any atom is -0.493 e. The number of hydrogen-bond donors (Lipinski definition) is 0. The number of carbonyl (C=O) groups excluding carboxylic acids is 1. The van der Waals surface area contributed by atoms with E-state index in [2.05, 4.69) is 4.98 Å². The van der Waals surface area contributed by atoms with E-state index in [1.807, 2.05) is 30.0 Å². The standard InChI is InChI=1S/C22H28N2O5/c1-15-7-5-9-19(23-15)29-14-16-8-6-12-24(13-16)22(25)17-10-11-18(26-2)21(28-4)20(17)27-3/h5,7,9-11,16H,6,8,12-14H2,1-4H3. The lowest BCUT2D eigenvalue weighted by atomic mass is 9.98. The molecule has 1 atom stereocenters. The van der Waals surface area contributed by atoms with Gasteiger partial charge < -0.3 is 23.8 Å². The topological polar surface area (TPSA) is 70.1 Å². The summed E-state index contributed by atoms with van der Waals surface area (Å²) >= 11 is 0. The van der Waals surface area contributed by atoms with Gasteiger partial charge in [-0.1, -0.05) is 6.07 Å². The van der Waals surface area contributed by atoms with Crippen LogP contribution in [0, 0.1) is 12.8 Å². The average molecular weight is 400 g/mol. The van der Waals surface area contributed by atoms with Gasteiger partial charge in [-0.3, -0.25) is 4.79 Å². The van der Waals surface area contributed by atoms with Crippen LogP contribution in [0.4, 0.5) is 0 Å². The third kappa shape index (κ3) is 4.72. The van der Waals surface area contributed by atoms with Gasteiger partial charge in [-0.2, -0.15) is 0 Å². The highest BCUT2D eigenvalue weighted by molar-refractivity contribution is 5.98. The van der Waals surface area contributed by atoms with Gasteiger partial charge in [0.15, 0.2) is 11.5 Å². The van der Waals surface area contributed by atoms with E-state index in [0.29, 0.717) is 48.4 Å². The SMILES string of the molecule is COc1ccc(C(=O)N2CCCC(COc3cccc(C)n3)C2)c(OC)c1OC. The fraction of sp³-hybridized carbons (Fsp3) is 0.455. The Kier molecular flexibility index (Phi) is 6.80. The fourth-order valence-electron chi connectivity index (χ4n) is 3.63. The van der Waals surface area contributed by atoms with Gasteiger partial charge in [-0.05, 0) is 38.0 Å². The molecular weight excluding hydrogens is 372 g/mol. The zero-order valence-corrected chi connectivity index (χ0v) is 17.4. The summed E-state index contributed by atoms with van der Waals surface area (Å²) in [5, 5.41) is 0. The Balaban J connectivity index is 1.71. The molecular formula is C22H28N2O5. The first kappa shape index (κ1) is 20.8. The van der Waals surface area contributed by atoms with Crippen LogP contribution in [0.25, 0.3) is 0 Å². The summed E-state index contributed by atoms with van der Waals surface area (Å²) in [6, 6.07) is 9.16. The number of aromatic nitrogens is 1. The van der Waals surface area contributed by atoms with Crippen molar-refractivity contribution in [1.82, 2.24) is 9.88 Å². The van der Waals surface area contributed by atoms with Crippen LogP contribution < -0.4 is 18.9 Å². The number of piperidine rings is 1. The third-order valence-electron chi connectivity index (χ3n) is 5.07. The number of likely N-dealkylation sites (tertiary alicyclic amines) is 1. The molecule has 1 amide bonds. The number of hydrogen-bond acceptors (Lipinski definition) is 6. The van der Waals surface area contributed by atoms with Crippen molar-refractivity contribution in [3.05, 3.63) is 41.6 Å². The Morgan fingerprint density at radius 1 is 1.10 bits per heavy atom. The molecule has 7 nitrogen and oxygen atoms in total. The molecule has 1 saturated heterocycles. The minimum absolute atomic E-state index is 0.0822. The maximum Gasteiger partial charge on any atom is 0.257 e. The molecule has 0 aliphatic carbocycles. The fourth-order valence-corrected chi connectivity index (χ4v) is 3.63. The molecule has 0 spiro atoms. The normalized spacial score (nSPS) is 16.3. The van der Waals surface area contributed by atoms with Gasteiger partial charge in [0.25, 0.3) is 5.91 Å². The lowest BCUT2D eigenvalue weighted by molar-refractivity contribution is 0.0627. The maximum absolute atomic E-state index is 13.2. The Hall–Kier alpha value is -2.96. The van der Waals surface area contributed by atoms with Crippen LogP contribution in [0.1, 0.15) is 28.9 Å². The highest BCUT2D eigenvalue weighted by Crippen LogP contribution is 2.40. The first-order chi connectivity index (χ1) is 14.1. The summed E-state index contributed by atoms with van der Waals surface area (Å²) in [6.07, 6.45) is 1.94. The number of aryl methyl sites for hydroxylation is 1. The van der Waals surface area contributed by atoms with Crippen molar-refractivity contribution in [3.63, 3.8) is 0 Å². The van der Waals surface area contributed by atoms with E-state index in [1.54, 1.807) is 19.2 Å². The Labute approximate surface area is 171 Å². The van der Waals surface area contributed by atoms with Crippen LogP contribution >= 0.6 is 0 Å². The van der Waals surface area contributed by atoms with Gasteiger partial charge in [0, 0.05) is 30.8 Å². The van der Waals surface area contributed by atoms with Gasteiger partial charge in [0.1, 0.15) is 0 Å². The first-order valence-corrected chi connectivity index (χ1v) is 9.72. The molecule has 2 aromatic rings. The zero-order chi connectivity index (χ0) is 20.8. The number of benzene rings is 1. The summed E-state index contributed by atoms with van der Waals surface area (Å²) in [6.45, 7) is 3.80. The van der Waals surface area contributed by atoms with Gasteiger partial charge >= 0.3 is 0 Å². The highest BCUT2D eigenvalue weighted by Gasteiger charge is 2.29. The Morgan fingerprint density at radius 2 is 1.90 bits per heavy atom. The van der Waals surface area contributed by atoms with E-state index in [4.69, 9.17) is 18.9 Å². The van der Waals surface area contributed by atoms with Crippen LogP contribution in [0.5, 0.6) is 23.1 Å². The van der Waals surface area contributed by atoms with Crippen LogP contribution in [0.3, 0.4) is 0 Å². The molecule has 0 N–H and O–H groups in total. The molecule has 1 aliphatic rings. The number of amides is 1. The minimum atomic E-state index is -0.0822. The lowest BCUT2D eigenvalue weighted by Crippen LogP contribution is -2.41. The number of nitrogens with zero attached hydrogens (tertiary/aromatic N) is 2. The molecule has 29 heavy (non-hydrogen) atoms. The number of ether oxygens (including phenoxy) is 4. The highest BCUT2D eigenvalue weighted by atomic mass is 16.5. The molecule has 1 aromatic carbocycles. The van der Waals surface area contributed by atoms with E-state index < -0.39 is 0 Å². The number of carbonyl (C=O) groups is 1. The monoisotopic (exact) mass is 400 g/mol. The van der Waals surface area contributed by atoms with Crippen LogP contribution in [0.2, 0.25) is 0 Å². The van der Waals surface area contributed by atoms with Crippen molar-refractivity contribution < 1.29 is 23.7 Å². The summed E-state index contributed by atoms with van der Waals surface area (Å²) in [5.41, 5.74) is 1.38. The number of methoxy groups -OCH3 is 3. The second-order valence-electron chi connectivity index (χ2n) is 7.07. The van der Waals surface area contributed by atoms with Crippen molar-refractivity contribution in [3.8, 4) is 23.1 Å².